The summed E-state index contributed by atoms with van der Waals surface area (Å²) >= 11 is 0. The predicted octanol–water partition coefficient (Wildman–Crippen LogP) is 5.62. The molecule has 1 aliphatic heterocycles. The van der Waals surface area contributed by atoms with Gasteiger partial charge < -0.3 is 25.0 Å². The molecule has 0 aromatic heterocycles. The molecule has 10 heteroatoms. The smallest absolute Gasteiger partial charge is 0.323 e. The monoisotopic (exact) mass is 566 g/mol. The third-order valence-corrected chi connectivity index (χ3v) is 7.29. The summed E-state index contributed by atoms with van der Waals surface area (Å²) < 4.78 is 40.5. The molecule has 0 unspecified atom stereocenters. The quantitative estimate of drug-likeness (QED) is 0.419. The number of para-hydroxylation sites is 1. The van der Waals surface area contributed by atoms with Crippen LogP contribution in [-0.2, 0) is 11.3 Å². The summed E-state index contributed by atoms with van der Waals surface area (Å²) in [5.41, 5.74) is 1.30. The Bertz CT molecular complexity index is 1370. The molecule has 0 radical (unpaired) electrons. The Morgan fingerprint density at radius 1 is 1.00 bits per heavy atom. The van der Waals surface area contributed by atoms with E-state index in [2.05, 4.69) is 22.5 Å². The van der Waals surface area contributed by atoms with Crippen LogP contribution in [0.15, 0.2) is 66.7 Å². The first-order valence-electron chi connectivity index (χ1n) is 13.5. The molecular weight excluding hydrogens is 530 g/mol. The molecule has 2 N–H and O–H groups in total. The van der Waals surface area contributed by atoms with Crippen molar-refractivity contribution in [1.29, 1.82) is 0 Å². The maximum absolute atomic E-state index is 14.6. The number of halogens is 2. The van der Waals surface area contributed by atoms with Crippen molar-refractivity contribution in [2.75, 3.05) is 44.5 Å². The largest absolute Gasteiger partial charge is 0.491 e. The maximum Gasteiger partial charge on any atom is 0.323 e. The van der Waals surface area contributed by atoms with Gasteiger partial charge in [-0.25, -0.2) is 13.6 Å². The van der Waals surface area contributed by atoms with Crippen LogP contribution < -0.4 is 15.4 Å². The van der Waals surface area contributed by atoms with E-state index in [0.717, 1.165) is 0 Å². The van der Waals surface area contributed by atoms with E-state index in [1.54, 1.807) is 55.5 Å². The minimum Gasteiger partial charge on any atom is -0.491 e. The normalized spacial score (nSPS) is 20.3. The van der Waals surface area contributed by atoms with Crippen LogP contribution in [0, 0.1) is 17.6 Å². The van der Waals surface area contributed by atoms with E-state index in [4.69, 9.17) is 9.47 Å². The highest BCUT2D eigenvalue weighted by atomic mass is 19.1. The Balaban J connectivity index is 1.60. The topological polar surface area (TPSA) is 83.1 Å². The van der Waals surface area contributed by atoms with Crippen LogP contribution in [0.2, 0.25) is 0 Å². The Morgan fingerprint density at radius 2 is 1.71 bits per heavy atom. The molecule has 0 aliphatic carbocycles. The third kappa shape index (κ3) is 7.59. The summed E-state index contributed by atoms with van der Waals surface area (Å²) in [4.78, 5) is 29.7. The molecule has 0 saturated heterocycles. The van der Waals surface area contributed by atoms with Gasteiger partial charge in [0.25, 0.3) is 5.91 Å². The highest BCUT2D eigenvalue weighted by Gasteiger charge is 2.29. The molecule has 218 valence electrons. The van der Waals surface area contributed by atoms with Crippen LogP contribution in [0.25, 0.3) is 0 Å². The van der Waals surface area contributed by atoms with E-state index >= 15 is 0 Å². The molecule has 3 amide bonds. The summed E-state index contributed by atoms with van der Waals surface area (Å²) in [6.45, 7) is 5.54. The number of fused-ring (bicyclic) bond motifs is 1. The number of nitrogens with zero attached hydrogens (tertiary/aromatic N) is 2. The first kappa shape index (κ1) is 30.0. The van der Waals surface area contributed by atoms with Crippen LogP contribution >= 0.6 is 0 Å². The van der Waals surface area contributed by atoms with Gasteiger partial charge in [0.2, 0.25) is 0 Å². The number of anilines is 2. The Kier molecular flexibility index (Phi) is 9.91. The number of hydrogen-bond donors (Lipinski definition) is 2. The van der Waals surface area contributed by atoms with Crippen molar-refractivity contribution in [2.24, 2.45) is 5.92 Å². The van der Waals surface area contributed by atoms with E-state index in [1.165, 1.54) is 24.3 Å². The van der Waals surface area contributed by atoms with E-state index in [1.807, 2.05) is 13.0 Å². The number of carbonyl (C=O) groups is 2. The molecule has 1 aliphatic rings. The average molecular weight is 567 g/mol. The van der Waals surface area contributed by atoms with Crippen LogP contribution in [-0.4, -0.2) is 67.7 Å². The lowest BCUT2D eigenvalue weighted by Gasteiger charge is -2.36. The van der Waals surface area contributed by atoms with Crippen molar-refractivity contribution in [3.05, 3.63) is 89.5 Å². The zero-order valence-corrected chi connectivity index (χ0v) is 23.7. The molecule has 0 fully saturated rings. The Morgan fingerprint density at radius 3 is 2.41 bits per heavy atom. The van der Waals surface area contributed by atoms with Crippen molar-refractivity contribution in [1.82, 2.24) is 9.80 Å². The molecule has 41 heavy (non-hydrogen) atoms. The Labute approximate surface area is 239 Å². The maximum atomic E-state index is 14.6. The van der Waals surface area contributed by atoms with Crippen LogP contribution in [0.3, 0.4) is 0 Å². The lowest BCUT2D eigenvalue weighted by molar-refractivity contribution is 0.00904. The summed E-state index contributed by atoms with van der Waals surface area (Å²) in [7, 11) is 3.32. The number of rotatable bonds is 5. The Hall–Kier alpha value is -4.02. The summed E-state index contributed by atoms with van der Waals surface area (Å²) in [5.74, 6) is -0.779. The fourth-order valence-corrected chi connectivity index (χ4v) is 4.84. The second-order valence-corrected chi connectivity index (χ2v) is 10.4. The number of amides is 3. The van der Waals surface area contributed by atoms with Gasteiger partial charge in [-0.2, -0.15) is 0 Å². The molecule has 3 aromatic carbocycles. The standard InChI is InChI=1S/C31H36F2N4O4/c1-20-16-37(17-22-9-5-6-10-25(22)32)21(2)19-41-28-15-23(34-31(39)35-27-12-8-7-11-26(27)33)13-14-24(28)30(38)36(3)18-29(20)40-4/h5-15,20-21,29H,16-19H2,1-4H3,(H2,34,35,39)/t20-,21-,29-/m1/s1. The summed E-state index contributed by atoms with van der Waals surface area (Å²) in [5, 5.41) is 5.14. The number of benzene rings is 3. The molecule has 3 atom stereocenters. The fraction of sp³-hybridized carbons (Fsp3) is 0.355. The molecule has 0 spiro atoms. The van der Waals surface area contributed by atoms with Gasteiger partial charge in [-0.15, -0.1) is 0 Å². The van der Waals surface area contributed by atoms with Gasteiger partial charge in [0.15, 0.2) is 0 Å². The van der Waals surface area contributed by atoms with E-state index < -0.39 is 11.8 Å². The lowest BCUT2D eigenvalue weighted by atomic mass is 10.0. The molecule has 3 aromatic rings. The zero-order valence-electron chi connectivity index (χ0n) is 23.7. The van der Waals surface area contributed by atoms with E-state index in [9.17, 15) is 18.4 Å². The number of nitrogens with one attached hydrogen (secondary N) is 2. The number of likely N-dealkylation sites (N-methyl/N-ethyl adjacent to an activating group) is 1. The zero-order chi connectivity index (χ0) is 29.5. The van der Waals surface area contributed by atoms with Gasteiger partial charge in [0.05, 0.1) is 17.4 Å². The van der Waals surface area contributed by atoms with Gasteiger partial charge in [0.1, 0.15) is 24.0 Å². The van der Waals surface area contributed by atoms with Crippen LogP contribution in [0.5, 0.6) is 5.75 Å². The summed E-state index contributed by atoms with van der Waals surface area (Å²) in [6, 6.07) is 16.5. The van der Waals surface area contributed by atoms with Crippen molar-refractivity contribution < 1.29 is 27.8 Å². The predicted molar refractivity (Wildman–Crippen MR) is 154 cm³/mol. The highest BCUT2D eigenvalue weighted by molar-refractivity contribution is 6.01. The SMILES string of the molecule is CO[C@@H]1CN(C)C(=O)c2ccc(NC(=O)Nc3ccccc3F)cc2OC[C@@H](C)N(Cc2ccccc2F)C[C@H]1C. The fourth-order valence-electron chi connectivity index (χ4n) is 4.84. The van der Waals surface area contributed by atoms with Gasteiger partial charge >= 0.3 is 6.03 Å². The van der Waals surface area contributed by atoms with Crippen molar-refractivity contribution in [2.45, 2.75) is 32.5 Å². The van der Waals surface area contributed by atoms with Crippen molar-refractivity contribution >= 4 is 23.3 Å². The third-order valence-electron chi connectivity index (χ3n) is 7.29. The number of ether oxygens (including phenoxy) is 2. The van der Waals surface area contributed by atoms with Crippen molar-refractivity contribution in [3.8, 4) is 5.75 Å². The lowest BCUT2D eigenvalue weighted by Crippen LogP contribution is -2.46. The number of carbonyl (C=O) groups excluding carboxylic acids is 2. The molecular formula is C31H36F2N4O4. The number of urea groups is 1. The van der Waals surface area contributed by atoms with Gasteiger partial charge in [0, 0.05) is 57.2 Å². The molecule has 8 nitrogen and oxygen atoms in total. The second kappa shape index (κ2) is 13.6. The summed E-state index contributed by atoms with van der Waals surface area (Å²) in [6.07, 6.45) is -0.258. The minimum atomic E-state index is -0.645. The number of methoxy groups -OCH3 is 1. The van der Waals surface area contributed by atoms with Gasteiger partial charge in [-0.3, -0.25) is 9.69 Å². The van der Waals surface area contributed by atoms with E-state index in [0.29, 0.717) is 36.4 Å². The minimum absolute atomic E-state index is 0.0305. The first-order chi connectivity index (χ1) is 19.7. The molecule has 4 rings (SSSR count). The van der Waals surface area contributed by atoms with Crippen LogP contribution in [0.4, 0.5) is 25.0 Å². The molecule has 0 bridgehead atoms. The molecule has 0 saturated carbocycles. The van der Waals surface area contributed by atoms with Crippen molar-refractivity contribution in [3.63, 3.8) is 0 Å². The highest BCUT2D eigenvalue weighted by Crippen LogP contribution is 2.27. The second-order valence-electron chi connectivity index (χ2n) is 10.4. The average Bonchev–Trinajstić information content (AvgIpc) is 2.95. The van der Waals surface area contributed by atoms with Gasteiger partial charge in [-0.1, -0.05) is 37.3 Å². The number of hydrogen-bond acceptors (Lipinski definition) is 5. The van der Waals surface area contributed by atoms with Gasteiger partial charge in [-0.05, 0) is 43.2 Å². The van der Waals surface area contributed by atoms with E-state index in [-0.39, 0.29) is 47.8 Å². The van der Waals surface area contributed by atoms with Crippen LogP contribution in [0.1, 0.15) is 29.8 Å². The first-order valence-corrected chi connectivity index (χ1v) is 13.5. The molecule has 1 heterocycles.